The van der Waals surface area contributed by atoms with Crippen molar-refractivity contribution >= 4 is 5.84 Å². The van der Waals surface area contributed by atoms with Gasteiger partial charge in [0, 0.05) is 0 Å². The summed E-state index contributed by atoms with van der Waals surface area (Å²) in [4.78, 5) is 0. The van der Waals surface area contributed by atoms with E-state index in [0.717, 1.165) is 0 Å². The Balaban J connectivity index is 2.59. The Bertz CT molecular complexity index is 206. The fourth-order valence-electron chi connectivity index (χ4n) is 0.502. The van der Waals surface area contributed by atoms with E-state index in [4.69, 9.17) is 0 Å². The molecule has 0 amide bonds. The SMILES string of the molecule is C1=C2N=NN=C2N=N1. The molecular formula is C3HN5. The van der Waals surface area contributed by atoms with E-state index < -0.39 is 0 Å². The summed E-state index contributed by atoms with van der Waals surface area (Å²) in [5.41, 5.74) is 0.657. The molecule has 38 valence electrons. The molecule has 0 aromatic heterocycles. The highest BCUT2D eigenvalue weighted by Crippen LogP contribution is 2.15. The smallest absolute Gasteiger partial charge is 0.154 e. The van der Waals surface area contributed by atoms with Crippen molar-refractivity contribution in [2.24, 2.45) is 25.7 Å². The third-order valence-corrected chi connectivity index (χ3v) is 0.853. The molecule has 2 aliphatic heterocycles. The Labute approximate surface area is 44.5 Å². The predicted molar refractivity (Wildman–Crippen MR) is 25.2 cm³/mol. The number of nitrogens with zero attached hydrogens (tertiary/aromatic N) is 5. The molecule has 0 aromatic carbocycles. The maximum atomic E-state index is 3.59. The van der Waals surface area contributed by atoms with E-state index >= 15 is 0 Å². The quantitative estimate of drug-likeness (QED) is 0.444. The van der Waals surface area contributed by atoms with E-state index in [1.807, 2.05) is 0 Å². The van der Waals surface area contributed by atoms with Crippen molar-refractivity contribution < 1.29 is 0 Å². The second-order valence-electron chi connectivity index (χ2n) is 1.34. The highest BCUT2D eigenvalue weighted by molar-refractivity contribution is 6.00. The highest BCUT2D eigenvalue weighted by Gasteiger charge is 2.14. The molecule has 5 nitrogen and oxygen atoms in total. The zero-order valence-electron chi connectivity index (χ0n) is 3.81. The van der Waals surface area contributed by atoms with Crippen LogP contribution in [0.5, 0.6) is 0 Å². The zero-order valence-corrected chi connectivity index (χ0v) is 3.81. The lowest BCUT2D eigenvalue weighted by Gasteiger charge is -1.73. The van der Waals surface area contributed by atoms with Gasteiger partial charge in [-0.2, -0.15) is 5.11 Å². The molecule has 0 bridgehead atoms. The van der Waals surface area contributed by atoms with Crippen LogP contribution in [0.15, 0.2) is 37.6 Å². The Morgan fingerprint density at radius 2 is 2.25 bits per heavy atom. The Morgan fingerprint density at radius 3 is 3.12 bits per heavy atom. The van der Waals surface area contributed by atoms with Gasteiger partial charge < -0.3 is 0 Å². The maximum absolute atomic E-state index is 3.59. The summed E-state index contributed by atoms with van der Waals surface area (Å²) in [6.07, 6.45) is 1.52. The van der Waals surface area contributed by atoms with Crippen LogP contribution in [0.25, 0.3) is 0 Å². The molecule has 5 heteroatoms. The lowest BCUT2D eigenvalue weighted by molar-refractivity contribution is 1.08. The number of fused-ring (bicyclic) bond motifs is 1. The van der Waals surface area contributed by atoms with Crippen LogP contribution in [0.4, 0.5) is 0 Å². The van der Waals surface area contributed by atoms with Gasteiger partial charge in [-0.25, -0.2) is 0 Å². The molecule has 2 heterocycles. The second kappa shape index (κ2) is 1.06. The molecule has 0 aliphatic carbocycles. The van der Waals surface area contributed by atoms with Gasteiger partial charge in [0.25, 0.3) is 0 Å². The van der Waals surface area contributed by atoms with Crippen LogP contribution in [0, 0.1) is 0 Å². The standard InChI is InChI=1S/C3HN5/c1-2-3(6-4-1)7-8-5-2/h1H. The van der Waals surface area contributed by atoms with Gasteiger partial charge in [-0.15, -0.1) is 15.3 Å². The fourth-order valence-corrected chi connectivity index (χ4v) is 0.502. The van der Waals surface area contributed by atoms with Crippen molar-refractivity contribution in [2.75, 3.05) is 0 Å². The molecule has 8 heavy (non-hydrogen) atoms. The molecule has 0 unspecified atom stereocenters. The normalized spacial score (nSPS) is 21.0. The van der Waals surface area contributed by atoms with Crippen LogP contribution >= 0.6 is 0 Å². The van der Waals surface area contributed by atoms with Gasteiger partial charge in [-0.3, -0.25) is 0 Å². The average Bonchev–Trinajstić information content (AvgIpc) is 2.15. The lowest BCUT2D eigenvalue weighted by atomic mass is 10.5. The minimum Gasteiger partial charge on any atom is -0.154 e. The first kappa shape index (κ1) is 3.59. The monoisotopic (exact) mass is 107 g/mol. The van der Waals surface area contributed by atoms with Crippen molar-refractivity contribution in [3.63, 3.8) is 0 Å². The number of hydrogen-bond donors (Lipinski definition) is 0. The van der Waals surface area contributed by atoms with E-state index in [1.165, 1.54) is 6.20 Å². The van der Waals surface area contributed by atoms with Gasteiger partial charge in [-0.05, 0) is 5.22 Å². The summed E-state index contributed by atoms with van der Waals surface area (Å²) in [5.74, 6) is 0.519. The third kappa shape index (κ3) is 0.281. The predicted octanol–water partition coefficient (Wildman–Crippen LogP) is 1.07. The first-order chi connectivity index (χ1) is 3.97. The number of azo groups is 1. The van der Waals surface area contributed by atoms with Gasteiger partial charge in [0.05, 0.1) is 6.20 Å². The minimum atomic E-state index is 0.519. The number of amidine groups is 1. The van der Waals surface area contributed by atoms with Crippen LogP contribution in [-0.4, -0.2) is 5.84 Å². The van der Waals surface area contributed by atoms with E-state index in [2.05, 4.69) is 25.7 Å². The van der Waals surface area contributed by atoms with Crippen molar-refractivity contribution in [2.45, 2.75) is 0 Å². The molecule has 0 saturated carbocycles. The van der Waals surface area contributed by atoms with Crippen LogP contribution in [0.3, 0.4) is 0 Å². The Kier molecular flexibility index (Phi) is 0.476. The summed E-state index contributed by atoms with van der Waals surface area (Å²) in [6.45, 7) is 0. The van der Waals surface area contributed by atoms with Gasteiger partial charge in [0.15, 0.2) is 5.70 Å². The van der Waals surface area contributed by atoms with Crippen LogP contribution in [0.1, 0.15) is 0 Å². The van der Waals surface area contributed by atoms with Crippen molar-refractivity contribution in [1.82, 2.24) is 0 Å². The first-order valence-corrected chi connectivity index (χ1v) is 2.07. The third-order valence-electron chi connectivity index (χ3n) is 0.853. The molecule has 0 fully saturated rings. The van der Waals surface area contributed by atoms with Crippen molar-refractivity contribution in [3.05, 3.63) is 11.9 Å². The van der Waals surface area contributed by atoms with Crippen molar-refractivity contribution in [3.8, 4) is 0 Å². The fraction of sp³-hybridized carbons (Fsp3) is 0. The molecule has 0 saturated heterocycles. The lowest BCUT2D eigenvalue weighted by Crippen LogP contribution is -1.83. The summed E-state index contributed by atoms with van der Waals surface area (Å²) >= 11 is 0. The minimum absolute atomic E-state index is 0.519. The molecule has 2 aliphatic rings. The highest BCUT2D eigenvalue weighted by atomic mass is 15.5. The molecule has 0 aromatic rings. The number of hydrogen-bond acceptors (Lipinski definition) is 5. The van der Waals surface area contributed by atoms with Crippen LogP contribution in [0.2, 0.25) is 0 Å². The van der Waals surface area contributed by atoms with E-state index in [1.54, 1.807) is 0 Å². The Hall–Kier alpha value is -1.39. The van der Waals surface area contributed by atoms with Gasteiger partial charge in [0.1, 0.15) is 0 Å². The topological polar surface area (TPSA) is 61.8 Å². The average molecular weight is 107 g/mol. The van der Waals surface area contributed by atoms with Gasteiger partial charge >= 0.3 is 0 Å². The first-order valence-electron chi connectivity index (χ1n) is 2.07. The molecule has 2 rings (SSSR count). The summed E-state index contributed by atoms with van der Waals surface area (Å²) in [7, 11) is 0. The Morgan fingerprint density at radius 1 is 1.25 bits per heavy atom. The van der Waals surface area contributed by atoms with Crippen LogP contribution in [-0.2, 0) is 0 Å². The molecule has 0 atom stereocenters. The van der Waals surface area contributed by atoms with Crippen molar-refractivity contribution in [1.29, 1.82) is 0 Å². The van der Waals surface area contributed by atoms with E-state index in [-0.39, 0.29) is 0 Å². The summed E-state index contributed by atoms with van der Waals surface area (Å²) in [6, 6.07) is 0. The maximum Gasteiger partial charge on any atom is 0.227 e. The van der Waals surface area contributed by atoms with E-state index in [9.17, 15) is 0 Å². The number of rotatable bonds is 0. The van der Waals surface area contributed by atoms with Crippen LogP contribution < -0.4 is 0 Å². The van der Waals surface area contributed by atoms with Gasteiger partial charge in [-0.1, -0.05) is 0 Å². The molecule has 0 radical (unpaired) electrons. The molecule has 0 spiro atoms. The summed E-state index contributed by atoms with van der Waals surface area (Å²) < 4.78 is 0. The van der Waals surface area contributed by atoms with Gasteiger partial charge in [0.2, 0.25) is 5.84 Å². The summed E-state index contributed by atoms with van der Waals surface area (Å²) in [5, 5.41) is 17.6. The van der Waals surface area contributed by atoms with E-state index in [0.29, 0.717) is 11.5 Å². The zero-order chi connectivity index (χ0) is 5.40. The largest absolute Gasteiger partial charge is 0.227 e. The molecular weight excluding hydrogens is 106 g/mol. The second-order valence-corrected chi connectivity index (χ2v) is 1.34. The molecule has 0 N–H and O–H groups in total.